The van der Waals surface area contributed by atoms with E-state index in [0.29, 0.717) is 55.7 Å². The summed E-state index contributed by atoms with van der Waals surface area (Å²) in [4.78, 5) is 32.1. The van der Waals surface area contributed by atoms with Gasteiger partial charge in [0.2, 0.25) is 0 Å². The number of fused-ring (bicyclic) bond motifs is 1. The summed E-state index contributed by atoms with van der Waals surface area (Å²) < 4.78 is 13.2. The molecule has 1 unspecified atom stereocenters. The Morgan fingerprint density at radius 1 is 1.06 bits per heavy atom. The Bertz CT molecular complexity index is 1300. The molecule has 8 heteroatoms. The molecule has 0 spiro atoms. The van der Waals surface area contributed by atoms with Gasteiger partial charge in [0.15, 0.2) is 11.5 Å². The lowest BCUT2D eigenvalue weighted by atomic mass is 9.93. The van der Waals surface area contributed by atoms with Gasteiger partial charge in [-0.3, -0.25) is 9.59 Å². The molecule has 0 saturated carbocycles. The second-order valence-electron chi connectivity index (χ2n) is 9.33. The summed E-state index contributed by atoms with van der Waals surface area (Å²) in [5.74, 6) is -0.101. The molecular formula is C28H29N3O5. The maximum absolute atomic E-state index is 13.3. The third-order valence-electron chi connectivity index (χ3n) is 6.65. The molecule has 5 rings (SSSR count). The van der Waals surface area contributed by atoms with Crippen LogP contribution in [0.2, 0.25) is 0 Å². The van der Waals surface area contributed by atoms with Crippen LogP contribution in [0.25, 0.3) is 5.76 Å². The van der Waals surface area contributed by atoms with Gasteiger partial charge in [0.05, 0.1) is 17.9 Å². The highest BCUT2D eigenvalue weighted by Gasteiger charge is 2.45. The molecule has 2 aliphatic rings. The third-order valence-corrected chi connectivity index (χ3v) is 6.65. The van der Waals surface area contributed by atoms with Gasteiger partial charge in [-0.2, -0.15) is 0 Å². The van der Waals surface area contributed by atoms with Crippen molar-refractivity contribution in [3.63, 3.8) is 0 Å². The van der Waals surface area contributed by atoms with Gasteiger partial charge in [-0.25, -0.2) is 4.98 Å². The lowest BCUT2D eigenvalue weighted by molar-refractivity contribution is -0.139. The first-order chi connectivity index (χ1) is 17.4. The highest BCUT2D eigenvalue weighted by Crippen LogP contribution is 2.41. The fourth-order valence-corrected chi connectivity index (χ4v) is 4.71. The third kappa shape index (κ3) is 4.46. The van der Waals surface area contributed by atoms with Gasteiger partial charge >= 0.3 is 0 Å². The van der Waals surface area contributed by atoms with Crippen LogP contribution < -0.4 is 9.47 Å². The minimum Gasteiger partial charge on any atom is -0.507 e. The van der Waals surface area contributed by atoms with Gasteiger partial charge in [0.1, 0.15) is 19.0 Å². The van der Waals surface area contributed by atoms with Crippen molar-refractivity contribution in [3.05, 3.63) is 83.4 Å². The Labute approximate surface area is 209 Å². The molecule has 2 aliphatic heterocycles. The first kappa shape index (κ1) is 23.7. The highest BCUT2D eigenvalue weighted by molar-refractivity contribution is 6.46. The van der Waals surface area contributed by atoms with Crippen molar-refractivity contribution in [2.24, 2.45) is 0 Å². The van der Waals surface area contributed by atoms with Crippen molar-refractivity contribution in [2.45, 2.75) is 38.8 Å². The molecule has 1 amide bonds. The maximum atomic E-state index is 13.3. The number of carbonyl (C=O) groups is 2. The predicted molar refractivity (Wildman–Crippen MR) is 134 cm³/mol. The van der Waals surface area contributed by atoms with E-state index in [2.05, 4.69) is 18.8 Å². The Morgan fingerprint density at radius 3 is 2.50 bits per heavy atom. The summed E-state index contributed by atoms with van der Waals surface area (Å²) >= 11 is 0. The van der Waals surface area contributed by atoms with Crippen molar-refractivity contribution in [1.29, 1.82) is 0 Å². The number of aliphatic hydroxyl groups excluding tert-OH is 1. The van der Waals surface area contributed by atoms with Gasteiger partial charge in [-0.15, -0.1) is 0 Å². The number of hydrogen-bond acceptors (Lipinski definition) is 6. The van der Waals surface area contributed by atoms with Gasteiger partial charge < -0.3 is 24.0 Å². The van der Waals surface area contributed by atoms with Crippen LogP contribution in [0.3, 0.4) is 0 Å². The van der Waals surface area contributed by atoms with E-state index in [1.165, 1.54) is 0 Å². The van der Waals surface area contributed by atoms with E-state index in [1.54, 1.807) is 35.6 Å². The predicted octanol–water partition coefficient (Wildman–Crippen LogP) is 4.29. The monoisotopic (exact) mass is 487 g/mol. The van der Waals surface area contributed by atoms with Crippen molar-refractivity contribution >= 4 is 17.4 Å². The lowest BCUT2D eigenvalue weighted by Crippen LogP contribution is -2.31. The first-order valence-electron chi connectivity index (χ1n) is 12.2. The van der Waals surface area contributed by atoms with E-state index < -0.39 is 17.7 Å². The number of carbonyl (C=O) groups excluding carboxylic acids is 2. The number of hydrogen-bond donors (Lipinski definition) is 1. The SMILES string of the molecule is CC(C)c1ccc(C2C(=C(O)c3ccc4c(c3)OCCO4)C(=O)C(=O)N2CCCn2ccnc2)cc1. The van der Waals surface area contributed by atoms with Crippen LogP contribution in [0.1, 0.15) is 48.9 Å². The smallest absolute Gasteiger partial charge is 0.295 e. The second kappa shape index (κ2) is 9.89. The summed E-state index contributed by atoms with van der Waals surface area (Å²) in [5.41, 5.74) is 2.42. The molecule has 0 bridgehead atoms. The minimum atomic E-state index is -0.692. The van der Waals surface area contributed by atoms with E-state index >= 15 is 0 Å². The Morgan fingerprint density at radius 2 is 1.81 bits per heavy atom. The van der Waals surface area contributed by atoms with Crippen molar-refractivity contribution in [2.75, 3.05) is 19.8 Å². The average molecular weight is 488 g/mol. The first-order valence-corrected chi connectivity index (χ1v) is 12.2. The zero-order valence-corrected chi connectivity index (χ0v) is 20.4. The number of amides is 1. The summed E-state index contributed by atoms with van der Waals surface area (Å²) in [6.07, 6.45) is 5.92. The van der Waals surface area contributed by atoms with Gasteiger partial charge in [-0.1, -0.05) is 38.1 Å². The van der Waals surface area contributed by atoms with Crippen LogP contribution in [0, 0.1) is 0 Å². The van der Waals surface area contributed by atoms with E-state index in [-0.39, 0.29) is 11.3 Å². The number of rotatable bonds is 7. The molecule has 8 nitrogen and oxygen atoms in total. The number of likely N-dealkylation sites (tertiary alicyclic amines) is 1. The topological polar surface area (TPSA) is 93.9 Å². The number of aliphatic hydroxyl groups is 1. The zero-order chi connectivity index (χ0) is 25.2. The van der Waals surface area contributed by atoms with Crippen LogP contribution >= 0.6 is 0 Å². The largest absolute Gasteiger partial charge is 0.507 e. The molecule has 1 aromatic heterocycles. The van der Waals surface area contributed by atoms with Crippen LogP contribution in [-0.2, 0) is 16.1 Å². The number of imidazole rings is 1. The molecule has 1 N–H and O–H groups in total. The molecule has 1 atom stereocenters. The Hall–Kier alpha value is -4.07. The molecule has 2 aromatic carbocycles. The molecule has 3 aromatic rings. The number of nitrogens with zero attached hydrogens (tertiary/aromatic N) is 3. The quantitative estimate of drug-likeness (QED) is 0.304. The highest BCUT2D eigenvalue weighted by atomic mass is 16.6. The summed E-state index contributed by atoms with van der Waals surface area (Å²) in [7, 11) is 0. The molecule has 36 heavy (non-hydrogen) atoms. The number of ether oxygens (including phenoxy) is 2. The average Bonchev–Trinajstić information content (AvgIpc) is 3.50. The summed E-state index contributed by atoms with van der Waals surface area (Å²) in [6, 6.07) is 12.2. The fraction of sp³-hybridized carbons (Fsp3) is 0.321. The second-order valence-corrected chi connectivity index (χ2v) is 9.33. The van der Waals surface area contributed by atoms with Crippen LogP contribution in [0.5, 0.6) is 11.5 Å². The summed E-state index contributed by atoms with van der Waals surface area (Å²) in [5, 5.41) is 11.3. The standard InChI is InChI=1S/C28H29N3O5/c1-18(2)19-4-6-20(7-5-19)25-24(26(32)21-8-9-22-23(16-21)36-15-14-35-22)27(33)28(34)31(25)12-3-11-30-13-10-29-17-30/h4-10,13,16-18,25,32H,3,11-12,14-15H2,1-2H3. The normalized spacial score (nSPS) is 18.8. The molecule has 1 fully saturated rings. The van der Waals surface area contributed by atoms with Crippen molar-refractivity contribution < 1.29 is 24.2 Å². The molecule has 0 aliphatic carbocycles. The van der Waals surface area contributed by atoms with Gasteiger partial charge in [0.25, 0.3) is 11.7 Å². The summed E-state index contributed by atoms with van der Waals surface area (Å²) in [6.45, 7) is 6.09. The number of aromatic nitrogens is 2. The fourth-order valence-electron chi connectivity index (χ4n) is 4.71. The van der Waals surface area contributed by atoms with Gasteiger partial charge in [0, 0.05) is 31.0 Å². The van der Waals surface area contributed by atoms with E-state index in [9.17, 15) is 14.7 Å². The van der Waals surface area contributed by atoms with E-state index in [1.807, 2.05) is 35.0 Å². The molecule has 3 heterocycles. The maximum Gasteiger partial charge on any atom is 0.295 e. The number of Topliss-reactive ketones (excluding diaryl/α,β-unsaturated/α-hetero) is 1. The number of benzene rings is 2. The van der Waals surface area contributed by atoms with Crippen LogP contribution in [0.4, 0.5) is 0 Å². The molecule has 186 valence electrons. The Balaban J connectivity index is 1.53. The lowest BCUT2D eigenvalue weighted by Gasteiger charge is -2.26. The minimum absolute atomic E-state index is 0.0802. The number of ketones is 1. The Kier molecular flexibility index (Phi) is 6.50. The van der Waals surface area contributed by atoms with Crippen LogP contribution in [0.15, 0.2) is 66.8 Å². The zero-order valence-electron chi connectivity index (χ0n) is 20.4. The van der Waals surface area contributed by atoms with E-state index in [4.69, 9.17) is 9.47 Å². The van der Waals surface area contributed by atoms with Gasteiger partial charge in [-0.05, 0) is 41.7 Å². The number of aryl methyl sites for hydroxylation is 1. The van der Waals surface area contributed by atoms with Crippen LogP contribution in [-0.4, -0.2) is 51.0 Å². The molecule has 1 saturated heterocycles. The van der Waals surface area contributed by atoms with Crippen molar-refractivity contribution in [3.8, 4) is 11.5 Å². The molecular weight excluding hydrogens is 458 g/mol. The molecule has 0 radical (unpaired) electrons. The van der Waals surface area contributed by atoms with E-state index in [0.717, 1.165) is 11.1 Å². The van der Waals surface area contributed by atoms with Crippen molar-refractivity contribution in [1.82, 2.24) is 14.5 Å².